The first-order chi connectivity index (χ1) is 19.3. The van der Waals surface area contributed by atoms with E-state index in [4.69, 9.17) is 15.6 Å². The minimum atomic E-state index is -1.15. The molecule has 42 heavy (non-hydrogen) atoms. The molecule has 0 saturated carbocycles. The number of aliphatic hydroxyl groups excluding tert-OH is 2. The van der Waals surface area contributed by atoms with Crippen LogP contribution in [0.2, 0.25) is 0 Å². The van der Waals surface area contributed by atoms with E-state index in [1.54, 1.807) is 20.9 Å². The number of aliphatic hydroxyl groups is 2. The van der Waals surface area contributed by atoms with Gasteiger partial charge in [0.1, 0.15) is 31.0 Å². The summed E-state index contributed by atoms with van der Waals surface area (Å²) < 4.78 is 5.57. The van der Waals surface area contributed by atoms with Gasteiger partial charge in [0.2, 0.25) is 35.4 Å². The number of nitrogens with two attached hydrogens (primary N) is 1. The Kier molecular flexibility index (Phi) is 19.5. The van der Waals surface area contributed by atoms with Crippen LogP contribution in [-0.2, 0) is 33.5 Å². The number of primary amides is 1. The SMILES string of the molecule is CNCCC(=O)N[C@@H](CCC(=O)NC[C@@H]1O[C@H](CC(N)=O)C[C@H]1O)C(=O)N[C@H](C(=O)N[C@@H](C)C(=O)NCO)C(C)C.[Pa]. The zero-order valence-corrected chi connectivity index (χ0v) is 29.4. The molecule has 1 rings (SSSR count). The molecule has 237 valence electrons. The van der Waals surface area contributed by atoms with Gasteiger partial charge in [-0.05, 0) is 26.3 Å². The molecule has 10 N–H and O–H groups in total. The molecule has 6 amide bonds. The Bertz CT molecular complexity index is 925. The van der Waals surface area contributed by atoms with Gasteiger partial charge in [0.15, 0.2) is 0 Å². The van der Waals surface area contributed by atoms with Crippen LogP contribution >= 0.6 is 0 Å². The van der Waals surface area contributed by atoms with Crippen LogP contribution in [0, 0.1) is 38.2 Å². The molecule has 17 heteroatoms. The van der Waals surface area contributed by atoms with Gasteiger partial charge in [-0.2, -0.15) is 0 Å². The zero-order chi connectivity index (χ0) is 31.1. The largest absolute Gasteiger partial charge is 0.390 e. The van der Waals surface area contributed by atoms with Gasteiger partial charge in [0.25, 0.3) is 0 Å². The maximum atomic E-state index is 13.2. The van der Waals surface area contributed by atoms with Gasteiger partial charge >= 0.3 is 0 Å². The van der Waals surface area contributed by atoms with Gasteiger partial charge in [-0.25, -0.2) is 0 Å². The van der Waals surface area contributed by atoms with Crippen molar-refractivity contribution in [3.05, 3.63) is 0 Å². The molecule has 1 aliphatic heterocycles. The Hall–Kier alpha value is -2.25. The molecule has 0 unspecified atom stereocenters. The summed E-state index contributed by atoms with van der Waals surface area (Å²) in [5.41, 5.74) is 5.16. The summed E-state index contributed by atoms with van der Waals surface area (Å²) in [6.45, 7) is 4.51. The van der Waals surface area contributed by atoms with Crippen molar-refractivity contribution < 1.29 is 76.0 Å². The van der Waals surface area contributed by atoms with Crippen molar-refractivity contribution in [1.29, 1.82) is 0 Å². The minimum absolute atomic E-state index is 0. The molecule has 6 atom stereocenters. The topological polar surface area (TPSA) is 250 Å². The first-order valence-electron chi connectivity index (χ1n) is 13.6. The maximum absolute atomic E-state index is 13.2. The number of nitrogens with one attached hydrogen (secondary N) is 6. The summed E-state index contributed by atoms with van der Waals surface area (Å²) in [5.74, 6) is -3.82. The van der Waals surface area contributed by atoms with Crippen LogP contribution in [0.5, 0.6) is 0 Å². The predicted molar refractivity (Wildman–Crippen MR) is 145 cm³/mol. The molecule has 0 aliphatic carbocycles. The summed E-state index contributed by atoms with van der Waals surface area (Å²) in [5, 5.41) is 34.3. The van der Waals surface area contributed by atoms with Crippen molar-refractivity contribution in [2.75, 3.05) is 26.9 Å². The molecule has 0 bridgehead atoms. The molecule has 0 aromatic rings. The van der Waals surface area contributed by atoms with Gasteiger partial charge < -0.3 is 52.6 Å². The fourth-order valence-electron chi connectivity index (χ4n) is 4.10. The van der Waals surface area contributed by atoms with Crippen LogP contribution < -0.4 is 37.6 Å². The van der Waals surface area contributed by atoms with Gasteiger partial charge in [-0.3, -0.25) is 28.8 Å². The standard InChI is InChI=1S/C25H45N7O9.Pa/c1-13(2)22(25(40)30-14(3)23(38)29-12-33)32-24(39)16(31-21(37)7-8-27-4)5-6-20(36)28-11-18-17(34)9-15(41-18)10-19(26)35;/h13-18,22,27,33-34H,5-12H2,1-4H3,(H2,26,35)(H,28,36)(H,29,38)(H,30,40)(H,31,37)(H,32,39);/t14-,15-,16-,17+,18-,22-;/m0./s1. The van der Waals surface area contributed by atoms with E-state index in [9.17, 15) is 33.9 Å². The fourth-order valence-corrected chi connectivity index (χ4v) is 4.10. The third-order valence-corrected chi connectivity index (χ3v) is 6.40. The second-order valence-electron chi connectivity index (χ2n) is 10.2. The Morgan fingerprint density at radius 1 is 0.929 bits per heavy atom. The van der Waals surface area contributed by atoms with Crippen molar-refractivity contribution in [2.45, 2.75) is 89.3 Å². The van der Waals surface area contributed by atoms with Crippen molar-refractivity contribution in [1.82, 2.24) is 31.9 Å². The van der Waals surface area contributed by atoms with Gasteiger partial charge in [0.05, 0.1) is 18.6 Å². The van der Waals surface area contributed by atoms with Gasteiger partial charge in [-0.15, -0.1) is 0 Å². The van der Waals surface area contributed by atoms with Gasteiger partial charge in [0, 0.05) is 64.7 Å². The van der Waals surface area contributed by atoms with Crippen molar-refractivity contribution >= 4 is 35.4 Å². The van der Waals surface area contributed by atoms with E-state index in [2.05, 4.69) is 31.9 Å². The summed E-state index contributed by atoms with van der Waals surface area (Å²) >= 11 is 0. The minimum Gasteiger partial charge on any atom is -0.390 e. The first-order valence-corrected chi connectivity index (χ1v) is 13.6. The molecule has 16 nitrogen and oxygen atoms in total. The maximum Gasteiger partial charge on any atom is 0.244 e. The van der Waals surface area contributed by atoms with Crippen LogP contribution in [0.15, 0.2) is 0 Å². The Balaban J connectivity index is 0.0000168. The average Bonchev–Trinajstić information content (AvgIpc) is 3.24. The van der Waals surface area contributed by atoms with Crippen LogP contribution in [0.3, 0.4) is 0 Å². The number of rotatable bonds is 18. The van der Waals surface area contributed by atoms with E-state index in [0.717, 1.165) is 0 Å². The summed E-state index contributed by atoms with van der Waals surface area (Å²) in [4.78, 5) is 73.9. The van der Waals surface area contributed by atoms with Crippen LogP contribution in [0.1, 0.15) is 52.9 Å². The number of carbonyl (C=O) groups excluding carboxylic acids is 6. The van der Waals surface area contributed by atoms with Crippen LogP contribution in [0.4, 0.5) is 0 Å². The smallest absolute Gasteiger partial charge is 0.244 e. The zero-order valence-electron chi connectivity index (χ0n) is 24.6. The molecular weight excluding hydrogens is 773 g/mol. The molecule has 1 heterocycles. The molecule has 0 aromatic carbocycles. The molecule has 1 saturated heterocycles. The van der Waals surface area contributed by atoms with Crippen LogP contribution in [0.25, 0.3) is 0 Å². The van der Waals surface area contributed by atoms with Crippen LogP contribution in [-0.4, -0.2) is 109 Å². The predicted octanol–water partition coefficient (Wildman–Crippen LogP) is -3.92. The number of ether oxygens (including phenoxy) is 1. The third kappa shape index (κ3) is 14.8. The molecular formula is C25H45N7O9Pa. The Morgan fingerprint density at radius 2 is 1.60 bits per heavy atom. The second kappa shape index (κ2) is 20.6. The van der Waals surface area contributed by atoms with E-state index < -0.39 is 84.5 Å². The van der Waals surface area contributed by atoms with E-state index in [0.29, 0.717) is 6.54 Å². The van der Waals surface area contributed by atoms with Crippen molar-refractivity contribution in [2.24, 2.45) is 11.7 Å². The molecule has 1 aliphatic rings. The summed E-state index contributed by atoms with van der Waals surface area (Å²) in [6.07, 6.45) is -2.19. The first kappa shape index (κ1) is 39.8. The second-order valence-corrected chi connectivity index (χ2v) is 10.2. The fraction of sp³-hybridized carbons (Fsp3) is 0.760. The normalized spacial score (nSPS) is 19.9. The molecule has 0 aromatic heterocycles. The molecule has 0 spiro atoms. The van der Waals surface area contributed by atoms with Crippen molar-refractivity contribution in [3.8, 4) is 0 Å². The van der Waals surface area contributed by atoms with E-state index in [-0.39, 0.29) is 71.0 Å². The number of amides is 6. The van der Waals surface area contributed by atoms with Gasteiger partial charge in [-0.1, -0.05) is 13.8 Å². The Labute approximate surface area is 270 Å². The average molecular weight is 819 g/mol. The number of hydrogen-bond donors (Lipinski definition) is 9. The monoisotopic (exact) mass is 818 g/mol. The van der Waals surface area contributed by atoms with E-state index in [1.807, 2.05) is 0 Å². The number of hydrogen-bond acceptors (Lipinski definition) is 10. The third-order valence-electron chi connectivity index (χ3n) is 6.40. The van der Waals surface area contributed by atoms with E-state index >= 15 is 0 Å². The molecule has 1 fully saturated rings. The summed E-state index contributed by atoms with van der Waals surface area (Å²) in [6, 6.07) is -3.20. The summed E-state index contributed by atoms with van der Waals surface area (Å²) in [7, 11) is 1.66. The number of carbonyl (C=O) groups is 6. The molecule has 1 radical (unpaired) electrons. The Morgan fingerprint density at radius 3 is 2.17 bits per heavy atom. The van der Waals surface area contributed by atoms with Crippen molar-refractivity contribution in [3.63, 3.8) is 0 Å². The van der Waals surface area contributed by atoms with E-state index in [1.165, 1.54) is 6.92 Å². The quantitative estimate of drug-likeness (QED) is 0.0609.